The number of carbonyl (C=O) groups excluding carboxylic acids is 1. The Hall–Kier alpha value is -3.40. The average molecular weight is 495 g/mol. The number of anilines is 1. The minimum atomic E-state index is -4.54. The third-order valence-electron chi connectivity index (χ3n) is 4.85. The van der Waals surface area contributed by atoms with Crippen molar-refractivity contribution in [3.05, 3.63) is 78.1 Å². The van der Waals surface area contributed by atoms with Gasteiger partial charge in [0.2, 0.25) is 5.91 Å². The summed E-state index contributed by atoms with van der Waals surface area (Å²) in [5, 5.41) is 2.55. The average Bonchev–Trinajstić information content (AvgIpc) is 2.78. The second-order valence-electron chi connectivity index (χ2n) is 7.37. The third kappa shape index (κ3) is 6.57. The molecule has 1 amide bonds. The van der Waals surface area contributed by atoms with Crippen molar-refractivity contribution in [2.24, 2.45) is 0 Å². The van der Waals surface area contributed by atoms with Gasteiger partial charge < -0.3 is 10.1 Å². The number of amides is 1. The molecule has 0 spiro atoms. The van der Waals surface area contributed by atoms with Crippen LogP contribution in [0.25, 0.3) is 11.1 Å². The lowest BCUT2D eigenvalue weighted by Gasteiger charge is -2.14. The summed E-state index contributed by atoms with van der Waals surface area (Å²) in [6.45, 7) is 0.0282. The predicted molar refractivity (Wildman–Crippen MR) is 120 cm³/mol. The van der Waals surface area contributed by atoms with Gasteiger partial charge in [-0.1, -0.05) is 37.3 Å². The Morgan fingerprint density at radius 3 is 2.26 bits per heavy atom. The smallest absolute Gasteiger partial charge is 0.422 e. The molecule has 10 heteroatoms. The van der Waals surface area contributed by atoms with Crippen molar-refractivity contribution in [1.82, 2.24) is 0 Å². The molecule has 3 aromatic rings. The van der Waals surface area contributed by atoms with Gasteiger partial charge >= 0.3 is 6.18 Å². The lowest BCUT2D eigenvalue weighted by atomic mass is 10.0. The van der Waals surface area contributed by atoms with Gasteiger partial charge in [-0.2, -0.15) is 13.2 Å². The number of ether oxygens (including phenoxy) is 1. The van der Waals surface area contributed by atoms with Crippen LogP contribution >= 0.6 is 0 Å². The molecule has 3 aromatic carbocycles. The summed E-state index contributed by atoms with van der Waals surface area (Å²) < 4.78 is 80.8. The van der Waals surface area contributed by atoms with E-state index in [1.807, 2.05) is 0 Å². The van der Waals surface area contributed by atoms with Crippen molar-refractivity contribution in [2.75, 3.05) is 17.7 Å². The summed E-state index contributed by atoms with van der Waals surface area (Å²) in [6, 6.07) is 15.5. The van der Waals surface area contributed by atoms with Gasteiger partial charge in [-0.15, -0.1) is 0 Å². The molecule has 180 valence electrons. The first-order chi connectivity index (χ1) is 16.0. The Morgan fingerprint density at radius 1 is 0.971 bits per heavy atom. The number of carbonyl (C=O) groups is 1. The van der Waals surface area contributed by atoms with Gasteiger partial charge in [0.1, 0.15) is 11.6 Å². The molecule has 0 aromatic heterocycles. The highest BCUT2D eigenvalue weighted by atomic mass is 32.2. The van der Waals surface area contributed by atoms with E-state index in [0.29, 0.717) is 5.56 Å². The maximum absolute atomic E-state index is 14.8. The third-order valence-corrected chi connectivity index (χ3v) is 6.60. The highest BCUT2D eigenvalue weighted by molar-refractivity contribution is 7.91. The molecule has 0 unspecified atom stereocenters. The number of nitrogens with one attached hydrogen (secondary N) is 1. The van der Waals surface area contributed by atoms with Crippen LogP contribution in [-0.2, 0) is 21.1 Å². The van der Waals surface area contributed by atoms with Crippen LogP contribution in [0.4, 0.5) is 23.2 Å². The highest BCUT2D eigenvalue weighted by Gasteiger charge is 2.29. The van der Waals surface area contributed by atoms with Crippen LogP contribution in [0.5, 0.6) is 5.75 Å². The fourth-order valence-corrected chi connectivity index (χ4v) is 4.04. The molecule has 1 N–H and O–H groups in total. The minimum Gasteiger partial charge on any atom is -0.483 e. The molecule has 0 bridgehead atoms. The largest absolute Gasteiger partial charge is 0.483 e. The van der Waals surface area contributed by atoms with E-state index in [4.69, 9.17) is 4.74 Å². The van der Waals surface area contributed by atoms with Crippen molar-refractivity contribution in [3.63, 3.8) is 0 Å². The van der Waals surface area contributed by atoms with E-state index < -0.39 is 34.3 Å². The molecule has 0 aliphatic rings. The lowest BCUT2D eigenvalue weighted by Crippen LogP contribution is -2.19. The molecule has 0 aliphatic carbocycles. The molecular weight excluding hydrogens is 474 g/mol. The van der Waals surface area contributed by atoms with Crippen LogP contribution in [0.15, 0.2) is 71.6 Å². The van der Waals surface area contributed by atoms with Crippen molar-refractivity contribution in [2.45, 2.75) is 24.4 Å². The maximum atomic E-state index is 14.8. The van der Waals surface area contributed by atoms with Crippen molar-refractivity contribution >= 4 is 21.4 Å². The number of sulfone groups is 1. The monoisotopic (exact) mass is 495 g/mol. The van der Waals surface area contributed by atoms with Crippen LogP contribution < -0.4 is 10.1 Å². The van der Waals surface area contributed by atoms with Gasteiger partial charge in [0, 0.05) is 16.8 Å². The minimum absolute atomic E-state index is 0.0171. The first-order valence-electron chi connectivity index (χ1n) is 10.2. The van der Waals surface area contributed by atoms with Crippen LogP contribution in [0.1, 0.15) is 12.5 Å². The van der Waals surface area contributed by atoms with E-state index in [1.165, 1.54) is 61.5 Å². The van der Waals surface area contributed by atoms with Crippen molar-refractivity contribution in [3.8, 4) is 16.9 Å². The summed E-state index contributed by atoms with van der Waals surface area (Å²) in [7, 11) is -3.34. The maximum Gasteiger partial charge on any atom is 0.422 e. The molecule has 0 radical (unpaired) electrons. The quantitative estimate of drug-likeness (QED) is 0.425. The predicted octanol–water partition coefficient (Wildman–Crippen LogP) is 5.41. The Balaban J connectivity index is 1.71. The Labute approximate surface area is 194 Å². The number of benzene rings is 3. The molecule has 0 atom stereocenters. The molecule has 0 aliphatic heterocycles. The topological polar surface area (TPSA) is 72.5 Å². The van der Waals surface area contributed by atoms with E-state index in [2.05, 4.69) is 5.32 Å². The number of rotatable bonds is 8. The van der Waals surface area contributed by atoms with E-state index >= 15 is 0 Å². The number of hydrogen-bond donors (Lipinski definition) is 1. The van der Waals surface area contributed by atoms with Gasteiger partial charge in [0.25, 0.3) is 0 Å². The zero-order valence-corrected chi connectivity index (χ0v) is 18.8. The first-order valence-corrected chi connectivity index (χ1v) is 11.8. The molecule has 5 nitrogen and oxygen atoms in total. The summed E-state index contributed by atoms with van der Waals surface area (Å²) >= 11 is 0. The molecule has 0 saturated heterocycles. The van der Waals surface area contributed by atoms with E-state index in [-0.39, 0.29) is 39.6 Å². The second-order valence-corrected chi connectivity index (χ2v) is 9.65. The second kappa shape index (κ2) is 10.3. The summed E-state index contributed by atoms with van der Waals surface area (Å²) in [5.74, 6) is -1.36. The Morgan fingerprint density at radius 2 is 1.65 bits per heavy atom. The van der Waals surface area contributed by atoms with Gasteiger partial charge in [0.05, 0.1) is 17.1 Å². The van der Waals surface area contributed by atoms with Crippen molar-refractivity contribution < 1.29 is 35.5 Å². The zero-order valence-electron chi connectivity index (χ0n) is 18.0. The molecular formula is C24H21F4NO4S. The summed E-state index contributed by atoms with van der Waals surface area (Å²) in [4.78, 5) is 12.5. The number of para-hydroxylation sites is 1. The van der Waals surface area contributed by atoms with Crippen molar-refractivity contribution in [1.29, 1.82) is 0 Å². The van der Waals surface area contributed by atoms with E-state index in [9.17, 15) is 30.8 Å². The number of hydrogen-bond acceptors (Lipinski definition) is 4. The zero-order chi connectivity index (χ0) is 24.9. The normalized spacial score (nSPS) is 11.8. The van der Waals surface area contributed by atoms with E-state index in [1.54, 1.807) is 6.07 Å². The molecule has 0 heterocycles. The van der Waals surface area contributed by atoms with Gasteiger partial charge in [-0.3, -0.25) is 4.79 Å². The molecule has 0 fully saturated rings. The Kier molecular flexibility index (Phi) is 7.61. The summed E-state index contributed by atoms with van der Waals surface area (Å²) in [6.07, 6.45) is -4.60. The van der Waals surface area contributed by atoms with Crippen LogP contribution in [-0.4, -0.2) is 32.9 Å². The van der Waals surface area contributed by atoms with Crippen LogP contribution in [0.3, 0.4) is 0 Å². The fraction of sp³-hybridized carbons (Fsp3) is 0.208. The van der Waals surface area contributed by atoms with Crippen LogP contribution in [0, 0.1) is 5.82 Å². The van der Waals surface area contributed by atoms with Gasteiger partial charge in [-0.25, -0.2) is 12.8 Å². The standard InChI is InChI=1S/C24H21F4NO4S/c1-2-34(31,32)18-10-7-16(8-11-18)13-23(30)29-17-9-12-19(21(25)14-17)20-5-3-4-6-22(20)33-15-24(26,27)28/h3-12,14H,2,13,15H2,1H3,(H,29,30). The lowest BCUT2D eigenvalue weighted by molar-refractivity contribution is -0.153. The molecule has 0 saturated carbocycles. The van der Waals surface area contributed by atoms with Crippen LogP contribution in [0.2, 0.25) is 0 Å². The number of halogens is 4. The summed E-state index contributed by atoms with van der Waals surface area (Å²) in [5.41, 5.74) is 0.887. The number of alkyl halides is 3. The highest BCUT2D eigenvalue weighted by Crippen LogP contribution is 2.34. The Bertz CT molecular complexity index is 1270. The first kappa shape index (κ1) is 25.2. The van der Waals surface area contributed by atoms with Gasteiger partial charge in [0.15, 0.2) is 16.4 Å². The molecule has 34 heavy (non-hydrogen) atoms. The van der Waals surface area contributed by atoms with Gasteiger partial charge in [-0.05, 0) is 42.0 Å². The SMILES string of the molecule is CCS(=O)(=O)c1ccc(CC(=O)Nc2ccc(-c3ccccc3OCC(F)(F)F)c(F)c2)cc1. The molecule has 3 rings (SSSR count). The fourth-order valence-electron chi connectivity index (χ4n) is 3.16. The van der Waals surface area contributed by atoms with E-state index in [0.717, 1.165) is 6.07 Å².